The number of hydrogen-bond donors (Lipinski definition) is 1. The molecule has 4 heteroatoms. The first kappa shape index (κ1) is 14.9. The van der Waals surface area contributed by atoms with Crippen LogP contribution >= 0.6 is 39.1 Å². The maximum Gasteiger partial charge on any atom is 0.0551 e. The van der Waals surface area contributed by atoms with Gasteiger partial charge in [-0.2, -0.15) is 0 Å². The van der Waals surface area contributed by atoms with Crippen molar-refractivity contribution in [3.63, 3.8) is 0 Å². The number of rotatable bonds is 4. The standard InChI is InChI=1S/C15H14BrCl2N/c1-19-15(8-10-2-5-12(17)6-3-10)11-4-7-13(16)14(18)9-11/h2-7,9,15,19H,8H2,1H3. The van der Waals surface area contributed by atoms with Crippen molar-refractivity contribution in [3.8, 4) is 0 Å². The second-order valence-electron chi connectivity index (χ2n) is 4.35. The molecule has 0 saturated heterocycles. The van der Waals surface area contributed by atoms with E-state index in [1.54, 1.807) is 0 Å². The summed E-state index contributed by atoms with van der Waals surface area (Å²) in [5, 5.41) is 4.81. The van der Waals surface area contributed by atoms with E-state index < -0.39 is 0 Å². The van der Waals surface area contributed by atoms with E-state index in [0.717, 1.165) is 20.9 Å². The minimum Gasteiger partial charge on any atom is -0.313 e. The van der Waals surface area contributed by atoms with E-state index in [2.05, 4.69) is 27.3 Å². The number of benzene rings is 2. The molecule has 1 nitrogen and oxygen atoms in total. The molecular weight excluding hydrogens is 345 g/mol. The quantitative estimate of drug-likeness (QED) is 0.786. The molecule has 1 unspecified atom stereocenters. The zero-order chi connectivity index (χ0) is 13.8. The second kappa shape index (κ2) is 6.76. The summed E-state index contributed by atoms with van der Waals surface area (Å²) in [4.78, 5) is 0. The summed E-state index contributed by atoms with van der Waals surface area (Å²) in [6, 6.07) is 14.2. The van der Waals surface area contributed by atoms with Crippen LogP contribution in [0.15, 0.2) is 46.9 Å². The molecular formula is C15H14BrCl2N. The highest BCUT2D eigenvalue weighted by Crippen LogP contribution is 2.27. The first-order chi connectivity index (χ1) is 9.10. The van der Waals surface area contributed by atoms with Crippen molar-refractivity contribution in [2.75, 3.05) is 7.05 Å². The molecule has 0 aliphatic rings. The van der Waals surface area contributed by atoms with E-state index in [1.165, 1.54) is 11.1 Å². The molecule has 19 heavy (non-hydrogen) atoms. The van der Waals surface area contributed by atoms with E-state index in [4.69, 9.17) is 23.2 Å². The van der Waals surface area contributed by atoms with E-state index >= 15 is 0 Å². The summed E-state index contributed by atoms with van der Waals surface area (Å²) >= 11 is 15.5. The van der Waals surface area contributed by atoms with Gasteiger partial charge in [-0.25, -0.2) is 0 Å². The Balaban J connectivity index is 2.19. The molecule has 0 aromatic heterocycles. The fourth-order valence-electron chi connectivity index (χ4n) is 1.97. The van der Waals surface area contributed by atoms with E-state index in [-0.39, 0.29) is 6.04 Å². The molecule has 1 N–H and O–H groups in total. The van der Waals surface area contributed by atoms with Crippen LogP contribution in [0.3, 0.4) is 0 Å². The van der Waals surface area contributed by atoms with Crippen LogP contribution in [0.4, 0.5) is 0 Å². The van der Waals surface area contributed by atoms with Crippen LogP contribution in [0.25, 0.3) is 0 Å². The minimum absolute atomic E-state index is 0.228. The van der Waals surface area contributed by atoms with Crippen LogP contribution in [0.1, 0.15) is 17.2 Å². The zero-order valence-corrected chi connectivity index (χ0v) is 13.6. The Hall–Kier alpha value is -0.540. The Morgan fingerprint density at radius 2 is 1.79 bits per heavy atom. The maximum atomic E-state index is 6.15. The molecule has 100 valence electrons. The number of nitrogens with one attached hydrogen (secondary N) is 1. The van der Waals surface area contributed by atoms with Gasteiger partial charge in [0.15, 0.2) is 0 Å². The number of hydrogen-bond acceptors (Lipinski definition) is 1. The SMILES string of the molecule is CNC(Cc1ccc(Cl)cc1)c1ccc(Br)c(Cl)c1. The fraction of sp³-hybridized carbons (Fsp3) is 0.200. The van der Waals surface area contributed by atoms with Crippen LogP contribution in [0.2, 0.25) is 10.0 Å². The lowest BCUT2D eigenvalue weighted by molar-refractivity contribution is 0.592. The third-order valence-corrected chi connectivity index (χ3v) is 4.53. The van der Waals surface area contributed by atoms with E-state index in [0.29, 0.717) is 0 Å². The van der Waals surface area contributed by atoms with Crippen molar-refractivity contribution in [1.82, 2.24) is 5.32 Å². The highest BCUT2D eigenvalue weighted by Gasteiger charge is 2.11. The van der Waals surface area contributed by atoms with Crippen molar-refractivity contribution >= 4 is 39.1 Å². The Morgan fingerprint density at radius 3 is 2.37 bits per heavy atom. The summed E-state index contributed by atoms with van der Waals surface area (Å²) in [6.07, 6.45) is 0.894. The molecule has 2 rings (SSSR count). The van der Waals surface area contributed by atoms with Crippen LogP contribution in [0.5, 0.6) is 0 Å². The van der Waals surface area contributed by atoms with Gasteiger partial charge in [-0.05, 0) is 64.8 Å². The molecule has 0 aliphatic heterocycles. The largest absolute Gasteiger partial charge is 0.313 e. The van der Waals surface area contributed by atoms with Gasteiger partial charge in [0.2, 0.25) is 0 Å². The predicted molar refractivity (Wildman–Crippen MR) is 86.1 cm³/mol. The Bertz CT molecular complexity index is 555. The molecule has 0 aliphatic carbocycles. The van der Waals surface area contributed by atoms with Gasteiger partial charge in [-0.1, -0.05) is 41.4 Å². The smallest absolute Gasteiger partial charge is 0.0551 e. The van der Waals surface area contributed by atoms with Crippen molar-refractivity contribution in [1.29, 1.82) is 0 Å². The van der Waals surface area contributed by atoms with Crippen molar-refractivity contribution < 1.29 is 0 Å². The monoisotopic (exact) mass is 357 g/mol. The molecule has 0 fully saturated rings. The molecule has 0 heterocycles. The lowest BCUT2D eigenvalue weighted by Crippen LogP contribution is -2.18. The highest BCUT2D eigenvalue weighted by atomic mass is 79.9. The molecule has 0 spiro atoms. The minimum atomic E-state index is 0.228. The van der Waals surface area contributed by atoms with Crippen LogP contribution in [-0.2, 0) is 6.42 Å². The van der Waals surface area contributed by atoms with E-state index in [9.17, 15) is 0 Å². The van der Waals surface area contributed by atoms with Gasteiger partial charge < -0.3 is 5.32 Å². The molecule has 0 bridgehead atoms. The molecule has 2 aromatic carbocycles. The molecule has 0 amide bonds. The summed E-state index contributed by atoms with van der Waals surface area (Å²) in [5.41, 5.74) is 2.41. The third kappa shape index (κ3) is 3.96. The molecule has 0 saturated carbocycles. The van der Waals surface area contributed by atoms with Gasteiger partial charge in [0.1, 0.15) is 0 Å². The summed E-state index contributed by atoms with van der Waals surface area (Å²) in [6.45, 7) is 0. The molecule has 2 aromatic rings. The number of likely N-dealkylation sites (N-methyl/N-ethyl adjacent to an activating group) is 1. The Kier molecular flexibility index (Phi) is 5.28. The number of halogens is 3. The van der Waals surface area contributed by atoms with Crippen LogP contribution in [-0.4, -0.2) is 7.05 Å². The van der Waals surface area contributed by atoms with Gasteiger partial charge in [0.05, 0.1) is 5.02 Å². The Morgan fingerprint density at radius 1 is 1.11 bits per heavy atom. The van der Waals surface area contributed by atoms with Gasteiger partial charge in [0, 0.05) is 15.5 Å². The predicted octanol–water partition coefficient (Wildman–Crippen LogP) is 5.26. The van der Waals surface area contributed by atoms with Gasteiger partial charge in [-0.15, -0.1) is 0 Å². The van der Waals surface area contributed by atoms with Crippen molar-refractivity contribution in [2.45, 2.75) is 12.5 Å². The van der Waals surface area contributed by atoms with Crippen LogP contribution < -0.4 is 5.32 Å². The summed E-state index contributed by atoms with van der Waals surface area (Å²) in [5.74, 6) is 0. The average molecular weight is 359 g/mol. The van der Waals surface area contributed by atoms with Crippen molar-refractivity contribution in [3.05, 3.63) is 68.1 Å². The maximum absolute atomic E-state index is 6.15. The topological polar surface area (TPSA) is 12.0 Å². The highest BCUT2D eigenvalue weighted by molar-refractivity contribution is 9.10. The lowest BCUT2D eigenvalue weighted by atomic mass is 9.99. The van der Waals surface area contributed by atoms with Gasteiger partial charge >= 0.3 is 0 Å². The second-order valence-corrected chi connectivity index (χ2v) is 6.04. The van der Waals surface area contributed by atoms with Gasteiger partial charge in [-0.3, -0.25) is 0 Å². The van der Waals surface area contributed by atoms with Crippen molar-refractivity contribution in [2.24, 2.45) is 0 Å². The third-order valence-electron chi connectivity index (χ3n) is 3.05. The first-order valence-corrected chi connectivity index (χ1v) is 7.51. The summed E-state index contributed by atoms with van der Waals surface area (Å²) in [7, 11) is 1.95. The van der Waals surface area contributed by atoms with Gasteiger partial charge in [0.25, 0.3) is 0 Å². The lowest BCUT2D eigenvalue weighted by Gasteiger charge is -2.17. The Labute approximate surface area is 132 Å². The fourth-order valence-corrected chi connectivity index (χ4v) is 2.53. The molecule has 0 radical (unpaired) electrons. The van der Waals surface area contributed by atoms with E-state index in [1.807, 2.05) is 43.4 Å². The normalized spacial score (nSPS) is 12.4. The average Bonchev–Trinajstić information content (AvgIpc) is 2.41. The van der Waals surface area contributed by atoms with Crippen LogP contribution in [0, 0.1) is 0 Å². The zero-order valence-electron chi connectivity index (χ0n) is 10.5. The molecule has 1 atom stereocenters. The summed E-state index contributed by atoms with van der Waals surface area (Å²) < 4.78 is 0.916. The first-order valence-electron chi connectivity index (χ1n) is 5.97.